The van der Waals surface area contributed by atoms with Gasteiger partial charge in [0.1, 0.15) is 0 Å². The first-order valence-electron chi connectivity index (χ1n) is 7.27. The maximum absolute atomic E-state index is 11.9. The third kappa shape index (κ3) is 3.38. The molecule has 1 saturated heterocycles. The lowest BCUT2D eigenvalue weighted by Gasteiger charge is -2.14. The van der Waals surface area contributed by atoms with Gasteiger partial charge >= 0.3 is 0 Å². The summed E-state index contributed by atoms with van der Waals surface area (Å²) in [7, 11) is 0. The van der Waals surface area contributed by atoms with E-state index in [1.165, 1.54) is 17.0 Å². The molecule has 112 valence electrons. The van der Waals surface area contributed by atoms with E-state index in [2.05, 4.69) is 49.0 Å². The van der Waals surface area contributed by atoms with Gasteiger partial charge in [-0.2, -0.15) is 0 Å². The zero-order chi connectivity index (χ0) is 14.7. The fourth-order valence-corrected chi connectivity index (χ4v) is 3.84. The zero-order valence-corrected chi connectivity index (χ0v) is 13.6. The lowest BCUT2D eigenvalue weighted by molar-refractivity contribution is -0.122. The second kappa shape index (κ2) is 6.68. The van der Waals surface area contributed by atoms with Gasteiger partial charge in [0.2, 0.25) is 5.91 Å². The Balaban J connectivity index is 1.88. The number of carbonyl (C=O) groups is 1. The summed E-state index contributed by atoms with van der Waals surface area (Å²) in [5.74, 6) is 1.90. The minimum atomic E-state index is -0.0110. The molecule has 1 unspecified atom stereocenters. The third-order valence-electron chi connectivity index (χ3n) is 3.83. The molecule has 2 heterocycles. The number of nitrogens with one attached hydrogen (secondary N) is 2. The van der Waals surface area contributed by atoms with Crippen molar-refractivity contribution in [3.63, 3.8) is 0 Å². The van der Waals surface area contributed by atoms with Crippen molar-refractivity contribution < 1.29 is 4.79 Å². The normalized spacial score (nSPS) is 18.8. The molecule has 1 atom stereocenters. The van der Waals surface area contributed by atoms with Crippen molar-refractivity contribution in [3.05, 3.63) is 23.0 Å². The summed E-state index contributed by atoms with van der Waals surface area (Å²) in [6.07, 6.45) is 0.901. The van der Waals surface area contributed by atoms with E-state index in [0.717, 1.165) is 18.1 Å². The highest BCUT2D eigenvalue weighted by Gasteiger charge is 2.22. The predicted octanol–water partition coefficient (Wildman–Crippen LogP) is 2.01. The van der Waals surface area contributed by atoms with Crippen LogP contribution in [0.3, 0.4) is 0 Å². The van der Waals surface area contributed by atoms with Crippen molar-refractivity contribution in [3.8, 4) is 0 Å². The van der Waals surface area contributed by atoms with Crippen molar-refractivity contribution in [1.29, 1.82) is 0 Å². The molecule has 1 amide bonds. The summed E-state index contributed by atoms with van der Waals surface area (Å²) in [6, 6.07) is 2.71. The van der Waals surface area contributed by atoms with E-state index in [1.807, 2.05) is 0 Å². The van der Waals surface area contributed by atoms with E-state index in [9.17, 15) is 4.79 Å². The van der Waals surface area contributed by atoms with Crippen molar-refractivity contribution in [2.45, 2.75) is 46.2 Å². The van der Waals surface area contributed by atoms with Crippen molar-refractivity contribution >= 4 is 17.7 Å². The molecule has 0 radical (unpaired) electrons. The second-order valence-electron chi connectivity index (χ2n) is 5.67. The Hall–Kier alpha value is -0.940. The van der Waals surface area contributed by atoms with Gasteiger partial charge in [-0.1, -0.05) is 0 Å². The molecule has 2 rings (SSSR count). The first-order valence-corrected chi connectivity index (χ1v) is 8.42. The molecule has 1 fully saturated rings. The van der Waals surface area contributed by atoms with Crippen LogP contribution in [-0.4, -0.2) is 34.7 Å². The Kier molecular flexibility index (Phi) is 5.16. The number of aryl methyl sites for hydroxylation is 1. The number of amides is 1. The van der Waals surface area contributed by atoms with E-state index in [0.29, 0.717) is 12.6 Å². The Morgan fingerprint density at radius 1 is 1.55 bits per heavy atom. The number of hydrogen-bond donors (Lipinski definition) is 2. The Labute approximate surface area is 125 Å². The SMILES string of the molecule is Cc1cc(CCNC(=O)C2CSCN2)c(C)n1C(C)C. The predicted molar refractivity (Wildman–Crippen MR) is 85.3 cm³/mol. The quantitative estimate of drug-likeness (QED) is 0.873. The monoisotopic (exact) mass is 295 g/mol. The summed E-state index contributed by atoms with van der Waals surface area (Å²) in [5, 5.41) is 6.23. The molecule has 0 aliphatic carbocycles. The van der Waals surface area contributed by atoms with E-state index >= 15 is 0 Å². The lowest BCUT2D eigenvalue weighted by atomic mass is 10.1. The van der Waals surface area contributed by atoms with Crippen molar-refractivity contribution in [2.24, 2.45) is 0 Å². The van der Waals surface area contributed by atoms with Gasteiger partial charge < -0.3 is 9.88 Å². The molecule has 1 aliphatic rings. The second-order valence-corrected chi connectivity index (χ2v) is 6.70. The molecule has 1 aromatic rings. The van der Waals surface area contributed by atoms with Crippen LogP contribution in [0.15, 0.2) is 6.07 Å². The van der Waals surface area contributed by atoms with Gasteiger partial charge in [-0.15, -0.1) is 11.8 Å². The Morgan fingerprint density at radius 3 is 2.85 bits per heavy atom. The maximum Gasteiger partial charge on any atom is 0.238 e. The Morgan fingerprint density at radius 2 is 2.30 bits per heavy atom. The van der Waals surface area contributed by atoms with Crippen molar-refractivity contribution in [1.82, 2.24) is 15.2 Å². The van der Waals surface area contributed by atoms with Crippen LogP contribution in [0.25, 0.3) is 0 Å². The largest absolute Gasteiger partial charge is 0.354 e. The molecule has 5 heteroatoms. The molecule has 1 aliphatic heterocycles. The fourth-order valence-electron chi connectivity index (χ4n) is 2.90. The highest BCUT2D eigenvalue weighted by Crippen LogP contribution is 2.20. The van der Waals surface area contributed by atoms with E-state index in [1.54, 1.807) is 11.8 Å². The third-order valence-corrected chi connectivity index (χ3v) is 4.77. The summed E-state index contributed by atoms with van der Waals surface area (Å²) in [4.78, 5) is 11.9. The minimum absolute atomic E-state index is 0.0110. The van der Waals surface area contributed by atoms with Crippen molar-refractivity contribution in [2.75, 3.05) is 18.2 Å². The summed E-state index contributed by atoms with van der Waals surface area (Å²) < 4.78 is 2.35. The molecule has 0 bridgehead atoms. The van der Waals surface area contributed by atoms with Gasteiger partial charge in [-0.3, -0.25) is 10.1 Å². The first kappa shape index (κ1) is 15.4. The van der Waals surface area contributed by atoms with Crippen LogP contribution in [0.2, 0.25) is 0 Å². The van der Waals surface area contributed by atoms with E-state index in [4.69, 9.17) is 0 Å². The highest BCUT2D eigenvalue weighted by atomic mass is 32.2. The van der Waals surface area contributed by atoms with Crippen LogP contribution in [-0.2, 0) is 11.2 Å². The maximum atomic E-state index is 11.9. The highest BCUT2D eigenvalue weighted by molar-refractivity contribution is 7.99. The summed E-state index contributed by atoms with van der Waals surface area (Å²) in [6.45, 7) is 9.43. The average molecular weight is 295 g/mol. The lowest BCUT2D eigenvalue weighted by Crippen LogP contribution is -2.42. The summed E-state index contributed by atoms with van der Waals surface area (Å²) in [5.41, 5.74) is 3.96. The number of aromatic nitrogens is 1. The van der Waals surface area contributed by atoms with Crippen LogP contribution in [0.4, 0.5) is 0 Å². The van der Waals surface area contributed by atoms with Gasteiger partial charge in [0.15, 0.2) is 0 Å². The standard InChI is InChI=1S/C15H25N3OS/c1-10(2)18-11(3)7-13(12(18)4)5-6-16-15(19)14-8-20-9-17-14/h7,10,14,17H,5-6,8-9H2,1-4H3,(H,16,19). The molecule has 1 aromatic heterocycles. The fraction of sp³-hybridized carbons (Fsp3) is 0.667. The number of thioether (sulfide) groups is 1. The minimum Gasteiger partial charge on any atom is -0.354 e. The van der Waals surface area contributed by atoms with Crippen LogP contribution >= 0.6 is 11.8 Å². The van der Waals surface area contributed by atoms with Gasteiger partial charge in [-0.25, -0.2) is 0 Å². The molecule has 0 aromatic carbocycles. The summed E-state index contributed by atoms with van der Waals surface area (Å²) >= 11 is 1.78. The molecular formula is C15H25N3OS. The molecular weight excluding hydrogens is 270 g/mol. The number of carbonyl (C=O) groups excluding carboxylic acids is 1. The molecule has 20 heavy (non-hydrogen) atoms. The van der Waals surface area contributed by atoms with E-state index in [-0.39, 0.29) is 11.9 Å². The molecule has 0 saturated carbocycles. The number of nitrogens with zero attached hydrogens (tertiary/aromatic N) is 1. The van der Waals surface area contributed by atoms with Crippen LogP contribution in [0.5, 0.6) is 0 Å². The van der Waals surface area contributed by atoms with Crippen LogP contribution in [0.1, 0.15) is 36.8 Å². The molecule has 2 N–H and O–H groups in total. The van der Waals surface area contributed by atoms with E-state index < -0.39 is 0 Å². The van der Waals surface area contributed by atoms with Crippen LogP contribution < -0.4 is 10.6 Å². The smallest absolute Gasteiger partial charge is 0.238 e. The van der Waals surface area contributed by atoms with Gasteiger partial charge in [-0.05, 0) is 45.7 Å². The first-order chi connectivity index (χ1) is 9.50. The number of hydrogen-bond acceptors (Lipinski definition) is 3. The Bertz CT molecular complexity index is 476. The number of rotatable bonds is 5. The molecule has 4 nitrogen and oxygen atoms in total. The van der Waals surface area contributed by atoms with Crippen LogP contribution in [0, 0.1) is 13.8 Å². The van der Waals surface area contributed by atoms with Gasteiger partial charge in [0.05, 0.1) is 6.04 Å². The molecule has 0 spiro atoms. The topological polar surface area (TPSA) is 46.1 Å². The van der Waals surface area contributed by atoms with Gasteiger partial charge in [0.25, 0.3) is 0 Å². The van der Waals surface area contributed by atoms with Gasteiger partial charge in [0, 0.05) is 35.6 Å². The zero-order valence-electron chi connectivity index (χ0n) is 12.8. The average Bonchev–Trinajstić information content (AvgIpc) is 2.98.